The number of nitrogens with zero attached hydrogens (tertiary/aromatic N) is 1. The minimum absolute atomic E-state index is 0.0839. The number of hydrogen-bond donors (Lipinski definition) is 0. The highest BCUT2D eigenvalue weighted by atomic mass is 16.5. The Labute approximate surface area is 135 Å². The van der Waals surface area contributed by atoms with Gasteiger partial charge in [0, 0.05) is 0 Å². The summed E-state index contributed by atoms with van der Waals surface area (Å²) in [5.74, 6) is 0.0780. The molecule has 0 unspecified atom stereocenters. The van der Waals surface area contributed by atoms with Crippen molar-refractivity contribution in [1.82, 2.24) is 4.90 Å². The molecule has 0 saturated carbocycles. The topological polar surface area (TPSA) is 46.6 Å². The molecule has 0 bridgehead atoms. The van der Waals surface area contributed by atoms with Gasteiger partial charge in [0.1, 0.15) is 5.75 Å². The third kappa shape index (κ3) is 2.72. The molecule has 0 N–H and O–H groups in total. The van der Waals surface area contributed by atoms with Gasteiger partial charge in [-0.25, -0.2) is 4.90 Å². The molecule has 118 valence electrons. The van der Waals surface area contributed by atoms with Crippen LogP contribution < -0.4 is 4.74 Å². The summed E-state index contributed by atoms with van der Waals surface area (Å²) in [6.07, 6.45) is 0. The van der Waals surface area contributed by atoms with Crippen molar-refractivity contribution >= 4 is 11.8 Å². The molecule has 4 heteroatoms. The number of benzene rings is 2. The molecule has 0 aromatic heterocycles. The fourth-order valence-corrected chi connectivity index (χ4v) is 2.70. The van der Waals surface area contributed by atoms with Crippen LogP contribution in [0.2, 0.25) is 0 Å². The predicted octanol–water partition coefficient (Wildman–Crippen LogP) is 3.62. The van der Waals surface area contributed by atoms with Crippen LogP contribution in [0.5, 0.6) is 5.75 Å². The average Bonchev–Trinajstić information content (AvgIpc) is 2.77. The number of ether oxygens (including phenoxy) is 1. The third-order valence-electron chi connectivity index (χ3n) is 3.92. The van der Waals surface area contributed by atoms with Crippen LogP contribution >= 0.6 is 0 Å². The Morgan fingerprint density at radius 3 is 1.96 bits per heavy atom. The molecule has 0 saturated heterocycles. The van der Waals surface area contributed by atoms with E-state index in [4.69, 9.17) is 4.74 Å². The van der Waals surface area contributed by atoms with Crippen LogP contribution in [-0.2, 0) is 5.41 Å². The number of carbonyl (C=O) groups is 2. The molecular formula is C19H19NO3. The van der Waals surface area contributed by atoms with Gasteiger partial charge in [-0.15, -0.1) is 0 Å². The largest absolute Gasteiger partial charge is 0.472 e. The normalized spacial score (nSPS) is 14.1. The zero-order valence-corrected chi connectivity index (χ0v) is 13.5. The van der Waals surface area contributed by atoms with E-state index in [1.54, 1.807) is 24.3 Å². The summed E-state index contributed by atoms with van der Waals surface area (Å²) in [5, 5.41) is 0. The molecule has 1 heterocycles. The second kappa shape index (κ2) is 5.54. The molecule has 4 nitrogen and oxygen atoms in total. The van der Waals surface area contributed by atoms with Gasteiger partial charge in [0.25, 0.3) is 11.8 Å². The highest BCUT2D eigenvalue weighted by Crippen LogP contribution is 2.31. The molecular weight excluding hydrogens is 290 g/mol. The van der Waals surface area contributed by atoms with E-state index >= 15 is 0 Å². The number of rotatable bonds is 3. The van der Waals surface area contributed by atoms with Crippen molar-refractivity contribution < 1.29 is 14.3 Å². The summed E-state index contributed by atoms with van der Waals surface area (Å²) in [6.45, 7) is 6.20. The monoisotopic (exact) mass is 309 g/mol. The molecule has 23 heavy (non-hydrogen) atoms. The maximum atomic E-state index is 12.3. The lowest BCUT2D eigenvalue weighted by molar-refractivity contribution is 0.0520. The van der Waals surface area contributed by atoms with Crippen LogP contribution in [0.15, 0.2) is 48.5 Å². The van der Waals surface area contributed by atoms with E-state index in [1.807, 2.05) is 24.3 Å². The Morgan fingerprint density at radius 1 is 0.870 bits per heavy atom. The minimum atomic E-state index is -0.307. The Morgan fingerprint density at radius 2 is 1.39 bits per heavy atom. The van der Waals surface area contributed by atoms with Crippen molar-refractivity contribution in [2.75, 3.05) is 6.73 Å². The van der Waals surface area contributed by atoms with Crippen LogP contribution in [0.1, 0.15) is 47.1 Å². The van der Waals surface area contributed by atoms with Crippen molar-refractivity contribution in [1.29, 1.82) is 0 Å². The SMILES string of the molecule is CC(C)(C)c1ccccc1OCN1C(=O)c2ccccc2C1=O. The summed E-state index contributed by atoms with van der Waals surface area (Å²) < 4.78 is 5.80. The molecule has 2 aromatic carbocycles. The summed E-state index contributed by atoms with van der Waals surface area (Å²) >= 11 is 0. The Hall–Kier alpha value is -2.62. The highest BCUT2D eigenvalue weighted by Gasteiger charge is 2.35. The summed E-state index contributed by atoms with van der Waals surface area (Å²) in [7, 11) is 0. The lowest BCUT2D eigenvalue weighted by atomic mass is 9.86. The average molecular weight is 309 g/mol. The molecule has 3 rings (SSSR count). The van der Waals surface area contributed by atoms with Crippen molar-refractivity contribution in [2.45, 2.75) is 26.2 Å². The molecule has 2 amide bonds. The van der Waals surface area contributed by atoms with Gasteiger partial charge >= 0.3 is 0 Å². The van der Waals surface area contributed by atoms with Gasteiger partial charge in [0.15, 0.2) is 6.73 Å². The minimum Gasteiger partial charge on any atom is -0.472 e. The van der Waals surface area contributed by atoms with E-state index in [0.717, 1.165) is 10.5 Å². The van der Waals surface area contributed by atoms with Crippen molar-refractivity contribution in [3.8, 4) is 5.75 Å². The number of carbonyl (C=O) groups excluding carboxylic acids is 2. The van der Waals surface area contributed by atoms with E-state index in [1.165, 1.54) is 0 Å². The van der Waals surface area contributed by atoms with E-state index in [9.17, 15) is 9.59 Å². The first-order valence-corrected chi connectivity index (χ1v) is 7.57. The van der Waals surface area contributed by atoms with Gasteiger partial charge in [0.2, 0.25) is 0 Å². The maximum Gasteiger partial charge on any atom is 0.264 e. The number of amides is 2. The van der Waals surface area contributed by atoms with E-state index < -0.39 is 0 Å². The molecule has 2 aromatic rings. The van der Waals surface area contributed by atoms with Crippen LogP contribution in [0.25, 0.3) is 0 Å². The molecule has 0 spiro atoms. The van der Waals surface area contributed by atoms with Crippen LogP contribution in [0.4, 0.5) is 0 Å². The van der Waals surface area contributed by atoms with E-state index in [0.29, 0.717) is 16.9 Å². The first-order valence-electron chi connectivity index (χ1n) is 7.57. The van der Waals surface area contributed by atoms with Crippen molar-refractivity contribution in [3.63, 3.8) is 0 Å². The predicted molar refractivity (Wildman–Crippen MR) is 87.6 cm³/mol. The van der Waals surface area contributed by atoms with Gasteiger partial charge in [0.05, 0.1) is 11.1 Å². The Balaban J connectivity index is 1.81. The van der Waals surface area contributed by atoms with Crippen molar-refractivity contribution in [2.24, 2.45) is 0 Å². The fraction of sp³-hybridized carbons (Fsp3) is 0.263. The van der Waals surface area contributed by atoms with Crippen LogP contribution in [-0.4, -0.2) is 23.4 Å². The van der Waals surface area contributed by atoms with Crippen LogP contribution in [0, 0.1) is 0 Å². The van der Waals surface area contributed by atoms with Gasteiger partial charge in [-0.05, 0) is 29.2 Å². The maximum absolute atomic E-state index is 12.3. The summed E-state index contributed by atoms with van der Waals surface area (Å²) in [4.78, 5) is 25.8. The number of imide groups is 1. The third-order valence-corrected chi connectivity index (χ3v) is 3.92. The lowest BCUT2D eigenvalue weighted by Crippen LogP contribution is -2.33. The quantitative estimate of drug-likeness (QED) is 0.814. The molecule has 1 aliphatic heterocycles. The van der Waals surface area contributed by atoms with E-state index in [2.05, 4.69) is 20.8 Å². The molecule has 0 aliphatic carbocycles. The molecule has 1 aliphatic rings. The standard InChI is InChI=1S/C19H19NO3/c1-19(2,3)15-10-6-7-11-16(15)23-12-20-17(21)13-8-4-5-9-14(13)18(20)22/h4-11H,12H2,1-3H3. The number of hydrogen-bond acceptors (Lipinski definition) is 3. The first-order chi connectivity index (χ1) is 10.9. The zero-order chi connectivity index (χ0) is 16.6. The summed E-state index contributed by atoms with van der Waals surface area (Å²) in [6, 6.07) is 14.5. The van der Waals surface area contributed by atoms with Gasteiger partial charge in [-0.3, -0.25) is 9.59 Å². The van der Waals surface area contributed by atoms with Gasteiger partial charge in [-0.1, -0.05) is 51.1 Å². The van der Waals surface area contributed by atoms with Gasteiger partial charge in [-0.2, -0.15) is 0 Å². The first kappa shape index (κ1) is 15.3. The number of fused-ring (bicyclic) bond motifs is 1. The molecule has 0 atom stereocenters. The molecule has 0 fully saturated rings. The smallest absolute Gasteiger partial charge is 0.264 e. The second-order valence-corrected chi connectivity index (χ2v) is 6.60. The lowest BCUT2D eigenvalue weighted by Gasteiger charge is -2.24. The Bertz CT molecular complexity index is 739. The Kier molecular flexibility index (Phi) is 3.68. The highest BCUT2D eigenvalue weighted by molar-refractivity contribution is 6.21. The van der Waals surface area contributed by atoms with Crippen molar-refractivity contribution in [3.05, 3.63) is 65.2 Å². The zero-order valence-electron chi connectivity index (χ0n) is 13.5. The molecule has 0 radical (unpaired) electrons. The number of para-hydroxylation sites is 1. The summed E-state index contributed by atoms with van der Waals surface area (Å²) in [5.41, 5.74) is 1.82. The van der Waals surface area contributed by atoms with E-state index in [-0.39, 0.29) is 24.0 Å². The fourth-order valence-electron chi connectivity index (χ4n) is 2.70. The van der Waals surface area contributed by atoms with Crippen LogP contribution in [0.3, 0.4) is 0 Å². The van der Waals surface area contributed by atoms with Gasteiger partial charge < -0.3 is 4.74 Å². The second-order valence-electron chi connectivity index (χ2n) is 6.60.